The second-order valence-corrected chi connectivity index (χ2v) is 5.03. The van der Waals surface area contributed by atoms with Crippen LogP contribution < -0.4 is 11.1 Å². The summed E-state index contributed by atoms with van der Waals surface area (Å²) in [5, 5.41) is 9.77. The molecule has 1 atom stereocenters. The summed E-state index contributed by atoms with van der Waals surface area (Å²) in [5.41, 5.74) is 6.80. The summed E-state index contributed by atoms with van der Waals surface area (Å²) in [4.78, 5) is 8.15. The Morgan fingerprint density at radius 2 is 1.76 bits per heavy atom. The van der Waals surface area contributed by atoms with Crippen LogP contribution in [0.3, 0.4) is 0 Å². The lowest BCUT2D eigenvalue weighted by Gasteiger charge is -2.17. The van der Waals surface area contributed by atoms with Crippen molar-refractivity contribution in [3.05, 3.63) is 53.9 Å². The minimum Gasteiger partial charge on any atom is -0.415 e. The van der Waals surface area contributed by atoms with Crippen LogP contribution in [0.25, 0.3) is 11.5 Å². The van der Waals surface area contributed by atoms with Gasteiger partial charge in [-0.2, -0.15) is 8.78 Å². The molecule has 3 rings (SSSR count). The van der Waals surface area contributed by atoms with Crippen LogP contribution in [-0.2, 0) is 0 Å². The van der Waals surface area contributed by atoms with Crippen LogP contribution in [0.1, 0.15) is 23.9 Å². The molecule has 1 aromatic carbocycles. The van der Waals surface area contributed by atoms with E-state index in [1.165, 1.54) is 24.5 Å². The molecule has 130 valence electrons. The second-order valence-electron chi connectivity index (χ2n) is 5.03. The quantitative estimate of drug-likeness (QED) is 0.704. The predicted octanol–water partition coefficient (Wildman–Crippen LogP) is 2.72. The molecule has 0 amide bonds. The fourth-order valence-corrected chi connectivity index (χ4v) is 2.08. The molecule has 0 aliphatic carbocycles. The van der Waals surface area contributed by atoms with Crippen LogP contribution in [0, 0.1) is 5.82 Å². The van der Waals surface area contributed by atoms with Gasteiger partial charge in [0.15, 0.2) is 0 Å². The fraction of sp³-hybridized carbons (Fsp3) is 0.200. The van der Waals surface area contributed by atoms with Crippen molar-refractivity contribution in [1.29, 1.82) is 0 Å². The van der Waals surface area contributed by atoms with E-state index in [2.05, 4.69) is 25.5 Å². The highest BCUT2D eigenvalue weighted by Gasteiger charge is 2.18. The van der Waals surface area contributed by atoms with Crippen LogP contribution in [0.5, 0.6) is 0 Å². The SMILES string of the molecule is NCC(Nc1ncc(-c2nnc(C(F)F)o2)cn1)c1ccc(F)cc1. The van der Waals surface area contributed by atoms with Crippen molar-refractivity contribution in [2.75, 3.05) is 11.9 Å². The van der Waals surface area contributed by atoms with Gasteiger partial charge in [0, 0.05) is 18.9 Å². The smallest absolute Gasteiger partial charge is 0.314 e. The van der Waals surface area contributed by atoms with Crippen LogP contribution >= 0.6 is 0 Å². The number of benzene rings is 1. The number of nitrogens with one attached hydrogen (secondary N) is 1. The average molecular weight is 350 g/mol. The van der Waals surface area contributed by atoms with E-state index in [-0.39, 0.29) is 30.2 Å². The molecule has 0 saturated carbocycles. The fourth-order valence-electron chi connectivity index (χ4n) is 2.08. The van der Waals surface area contributed by atoms with Gasteiger partial charge in [-0.3, -0.25) is 0 Å². The summed E-state index contributed by atoms with van der Waals surface area (Å²) in [6.07, 6.45) is -0.128. The maximum absolute atomic E-state index is 13.0. The first kappa shape index (κ1) is 16.8. The molecular weight excluding hydrogens is 337 g/mol. The molecule has 0 aliphatic heterocycles. The van der Waals surface area contributed by atoms with Crippen LogP contribution in [0.4, 0.5) is 19.1 Å². The molecule has 25 heavy (non-hydrogen) atoms. The molecule has 0 bridgehead atoms. The van der Waals surface area contributed by atoms with E-state index in [1.807, 2.05) is 0 Å². The first-order valence-corrected chi connectivity index (χ1v) is 7.23. The summed E-state index contributed by atoms with van der Waals surface area (Å²) in [6.45, 7) is 0.234. The Morgan fingerprint density at radius 1 is 1.08 bits per heavy atom. The lowest BCUT2D eigenvalue weighted by Crippen LogP contribution is -2.21. The third kappa shape index (κ3) is 3.91. The van der Waals surface area contributed by atoms with Crippen molar-refractivity contribution in [2.24, 2.45) is 5.73 Å². The topological polar surface area (TPSA) is 103 Å². The van der Waals surface area contributed by atoms with Gasteiger partial charge in [-0.15, -0.1) is 10.2 Å². The molecule has 10 heteroatoms. The molecule has 0 saturated heterocycles. The minimum atomic E-state index is -2.84. The molecule has 1 unspecified atom stereocenters. The van der Waals surface area contributed by atoms with Gasteiger partial charge in [0.1, 0.15) is 5.82 Å². The van der Waals surface area contributed by atoms with Gasteiger partial charge in [-0.25, -0.2) is 14.4 Å². The van der Waals surface area contributed by atoms with Gasteiger partial charge in [0.2, 0.25) is 5.95 Å². The number of nitrogens with zero attached hydrogens (tertiary/aromatic N) is 4. The van der Waals surface area contributed by atoms with Crippen LogP contribution in [0.15, 0.2) is 41.1 Å². The molecule has 0 fully saturated rings. The zero-order valence-corrected chi connectivity index (χ0v) is 12.7. The summed E-state index contributed by atoms with van der Waals surface area (Å²) >= 11 is 0. The Labute approximate surface area is 140 Å². The monoisotopic (exact) mass is 350 g/mol. The summed E-state index contributed by atoms with van der Waals surface area (Å²) in [7, 11) is 0. The number of anilines is 1. The van der Waals surface area contributed by atoms with E-state index < -0.39 is 12.3 Å². The Morgan fingerprint density at radius 3 is 2.32 bits per heavy atom. The van der Waals surface area contributed by atoms with Crippen molar-refractivity contribution in [2.45, 2.75) is 12.5 Å². The molecule has 0 radical (unpaired) electrons. The summed E-state index contributed by atoms with van der Waals surface area (Å²) in [5.74, 6) is -0.951. The molecule has 3 N–H and O–H groups in total. The van der Waals surface area contributed by atoms with Gasteiger partial charge >= 0.3 is 6.43 Å². The number of nitrogens with two attached hydrogens (primary N) is 1. The Kier molecular flexibility index (Phi) is 4.89. The maximum atomic E-state index is 13.0. The Bertz CT molecular complexity index is 822. The van der Waals surface area contributed by atoms with Gasteiger partial charge in [-0.05, 0) is 17.7 Å². The zero-order valence-electron chi connectivity index (χ0n) is 12.7. The predicted molar refractivity (Wildman–Crippen MR) is 82.1 cm³/mol. The molecule has 3 aromatic rings. The Balaban J connectivity index is 1.73. The molecule has 0 spiro atoms. The highest BCUT2D eigenvalue weighted by Crippen LogP contribution is 2.23. The normalized spacial score (nSPS) is 12.4. The highest BCUT2D eigenvalue weighted by molar-refractivity contribution is 5.50. The lowest BCUT2D eigenvalue weighted by molar-refractivity contribution is 0.116. The first-order chi connectivity index (χ1) is 12.1. The Hall–Kier alpha value is -3.01. The molecule has 2 aromatic heterocycles. The molecule has 7 nitrogen and oxygen atoms in total. The van der Waals surface area contributed by atoms with Crippen molar-refractivity contribution in [1.82, 2.24) is 20.2 Å². The van der Waals surface area contributed by atoms with Gasteiger partial charge in [0.25, 0.3) is 11.8 Å². The maximum Gasteiger partial charge on any atom is 0.314 e. The third-order valence-electron chi connectivity index (χ3n) is 3.34. The standard InChI is InChI=1S/C15H13F3N6O/c16-10-3-1-8(2-4-10)11(5-19)22-15-20-6-9(7-21-15)13-23-24-14(25-13)12(17)18/h1-4,6-7,11-12H,5,19H2,(H,20,21,22). The van der Waals surface area contributed by atoms with Crippen molar-refractivity contribution < 1.29 is 17.6 Å². The zero-order chi connectivity index (χ0) is 17.8. The highest BCUT2D eigenvalue weighted by atomic mass is 19.3. The largest absolute Gasteiger partial charge is 0.415 e. The summed E-state index contributed by atoms with van der Waals surface area (Å²) < 4.78 is 42.7. The minimum absolute atomic E-state index is 0.101. The lowest BCUT2D eigenvalue weighted by atomic mass is 10.1. The number of hydrogen-bond donors (Lipinski definition) is 2. The third-order valence-corrected chi connectivity index (χ3v) is 3.34. The average Bonchev–Trinajstić information content (AvgIpc) is 3.11. The first-order valence-electron chi connectivity index (χ1n) is 7.23. The molecule has 2 heterocycles. The van der Waals surface area contributed by atoms with Crippen molar-refractivity contribution >= 4 is 5.95 Å². The number of hydrogen-bond acceptors (Lipinski definition) is 7. The number of halogens is 3. The second kappa shape index (κ2) is 7.26. The number of rotatable bonds is 6. The van der Waals surface area contributed by atoms with Crippen molar-refractivity contribution in [3.63, 3.8) is 0 Å². The van der Waals surface area contributed by atoms with E-state index in [0.717, 1.165) is 5.56 Å². The van der Waals surface area contributed by atoms with Gasteiger partial charge < -0.3 is 15.5 Å². The summed E-state index contributed by atoms with van der Waals surface area (Å²) in [6, 6.07) is 5.57. The van der Waals surface area contributed by atoms with E-state index >= 15 is 0 Å². The van der Waals surface area contributed by atoms with Crippen LogP contribution in [0.2, 0.25) is 0 Å². The molecular formula is C15H13F3N6O. The van der Waals surface area contributed by atoms with E-state index in [1.54, 1.807) is 12.1 Å². The van der Waals surface area contributed by atoms with E-state index in [4.69, 9.17) is 10.2 Å². The van der Waals surface area contributed by atoms with E-state index in [0.29, 0.717) is 5.56 Å². The van der Waals surface area contributed by atoms with Crippen LogP contribution in [-0.4, -0.2) is 26.7 Å². The van der Waals surface area contributed by atoms with Crippen molar-refractivity contribution in [3.8, 4) is 11.5 Å². The van der Waals surface area contributed by atoms with Gasteiger partial charge in [-0.1, -0.05) is 12.1 Å². The number of aromatic nitrogens is 4. The number of alkyl halides is 2. The van der Waals surface area contributed by atoms with Gasteiger partial charge in [0.05, 0.1) is 11.6 Å². The van der Waals surface area contributed by atoms with E-state index in [9.17, 15) is 13.2 Å². The molecule has 0 aliphatic rings.